The first kappa shape index (κ1) is 15.0. The van der Waals surface area contributed by atoms with Crippen molar-refractivity contribution in [2.45, 2.75) is 64.0 Å². The number of hydrogen-bond acceptors (Lipinski definition) is 6. The van der Waals surface area contributed by atoms with Crippen molar-refractivity contribution in [3.63, 3.8) is 0 Å². The number of rotatable bonds is 2. The van der Waals surface area contributed by atoms with Crippen LogP contribution in [0.2, 0.25) is 33.3 Å². The molecule has 0 aromatic carbocycles. The number of hydrogen-bond donors (Lipinski definition) is 0. The molecule has 3 aliphatic rings. The first-order valence-corrected chi connectivity index (χ1v) is 10.7. The van der Waals surface area contributed by atoms with Gasteiger partial charge in [-0.05, 0) is 33.3 Å². The van der Waals surface area contributed by atoms with Crippen molar-refractivity contribution in [3.8, 4) is 0 Å². The fourth-order valence-electron chi connectivity index (χ4n) is 2.89. The maximum atomic E-state index is 6.12. The topological polar surface area (TPSA) is 55.4 Å². The van der Waals surface area contributed by atoms with Crippen molar-refractivity contribution < 1.29 is 27.8 Å². The van der Waals surface area contributed by atoms with Crippen LogP contribution in [0.5, 0.6) is 0 Å². The molecule has 0 saturated carbocycles. The second kappa shape index (κ2) is 5.39. The first-order valence-electron chi connectivity index (χ1n) is 7.25. The molecule has 0 aromatic rings. The monoisotopic (exact) mass is 300 g/mol. The molecule has 3 saturated heterocycles. The fraction of sp³-hybridized carbons (Fsp3) is 1.00. The summed E-state index contributed by atoms with van der Waals surface area (Å²) in [5.74, 6) is 0. The van der Waals surface area contributed by atoms with Gasteiger partial charge >= 0.3 is 14.2 Å². The van der Waals surface area contributed by atoms with E-state index in [-0.39, 0.29) is 38.7 Å². The van der Waals surface area contributed by atoms with E-state index < -0.39 is 14.6 Å². The summed E-state index contributed by atoms with van der Waals surface area (Å²) in [6, 6.07) is 0. The Balaban J connectivity index is 1.78. The molecule has 20 heavy (non-hydrogen) atoms. The molecule has 0 radical (unpaired) electrons. The molecule has 0 spiro atoms. The molecule has 0 aromatic heterocycles. The molecule has 112 valence electrons. The van der Waals surface area contributed by atoms with Gasteiger partial charge in [0.05, 0.1) is 18.8 Å². The Morgan fingerprint density at radius 2 is 1.60 bits per heavy atom. The molecule has 1 unspecified atom stereocenters. The third-order valence-electron chi connectivity index (χ3n) is 3.60. The van der Waals surface area contributed by atoms with Crippen LogP contribution in [0, 0.1) is 0 Å². The lowest BCUT2D eigenvalue weighted by Gasteiger charge is -2.47. The van der Waals surface area contributed by atoms with Crippen molar-refractivity contribution in [3.05, 3.63) is 0 Å². The lowest BCUT2D eigenvalue weighted by molar-refractivity contribution is -0.260. The minimum Gasteiger partial charge on any atom is -0.408 e. The summed E-state index contributed by atoms with van der Waals surface area (Å²) in [6.45, 7) is 10.7. The molecule has 5 atom stereocenters. The second-order valence-electron chi connectivity index (χ2n) is 6.54. The van der Waals surface area contributed by atoms with Crippen molar-refractivity contribution in [2.75, 3.05) is 6.61 Å². The Labute approximate surface area is 121 Å². The van der Waals surface area contributed by atoms with E-state index in [0.29, 0.717) is 6.61 Å². The molecular formula is C11H22B2O6Si. The molecule has 0 bridgehead atoms. The molecule has 3 heterocycles. The SMILES string of the molecule is CB1OC[C@H]2OC(O[Si](C)(C)C)[C@H]3OB(C)O[C@H]3[C@@H]2O1. The highest BCUT2D eigenvalue weighted by Crippen LogP contribution is 2.36. The highest BCUT2D eigenvalue weighted by Gasteiger charge is 2.56. The molecule has 0 amide bonds. The van der Waals surface area contributed by atoms with Crippen LogP contribution in [0.25, 0.3) is 0 Å². The van der Waals surface area contributed by atoms with Gasteiger partial charge in [-0.2, -0.15) is 0 Å². The minimum atomic E-state index is -1.74. The summed E-state index contributed by atoms with van der Waals surface area (Å²) < 4.78 is 35.2. The van der Waals surface area contributed by atoms with Crippen LogP contribution in [-0.4, -0.2) is 59.9 Å². The summed E-state index contributed by atoms with van der Waals surface area (Å²) in [4.78, 5) is 0. The van der Waals surface area contributed by atoms with Crippen LogP contribution in [0.1, 0.15) is 0 Å². The van der Waals surface area contributed by atoms with E-state index in [9.17, 15) is 0 Å². The smallest absolute Gasteiger partial charge is 0.408 e. The van der Waals surface area contributed by atoms with E-state index in [4.69, 9.17) is 27.8 Å². The van der Waals surface area contributed by atoms with Gasteiger partial charge in [0.15, 0.2) is 14.6 Å². The van der Waals surface area contributed by atoms with Crippen LogP contribution in [-0.2, 0) is 27.8 Å². The van der Waals surface area contributed by atoms with E-state index in [0.717, 1.165) is 0 Å². The first-order chi connectivity index (χ1) is 9.33. The Hall–Kier alpha value is 0.107. The third-order valence-corrected chi connectivity index (χ3v) is 4.54. The van der Waals surface area contributed by atoms with E-state index in [1.54, 1.807) is 0 Å². The maximum Gasteiger partial charge on any atom is 0.454 e. The zero-order valence-corrected chi connectivity index (χ0v) is 13.7. The van der Waals surface area contributed by atoms with Gasteiger partial charge in [0.2, 0.25) is 0 Å². The maximum absolute atomic E-state index is 6.12. The highest BCUT2D eigenvalue weighted by molar-refractivity contribution is 6.69. The molecule has 9 heteroatoms. The van der Waals surface area contributed by atoms with Crippen LogP contribution in [0.15, 0.2) is 0 Å². The number of ether oxygens (including phenoxy) is 1. The fourth-order valence-corrected chi connectivity index (χ4v) is 3.77. The average molecular weight is 300 g/mol. The quantitative estimate of drug-likeness (QED) is 0.709. The zero-order chi connectivity index (χ0) is 14.5. The Kier molecular flexibility index (Phi) is 4.04. The standard InChI is InChI=1S/C11H22B2O6Si/c1-12-14-6-7-8(16-12)9-10(18-13(2)17-9)11(15-7)19-20(3,4)5/h7-11H,6H2,1-5H3/t7-,8-,9+,10+,11?/m1/s1. The molecule has 6 nitrogen and oxygen atoms in total. The predicted octanol–water partition coefficient (Wildman–Crippen LogP) is 0.998. The van der Waals surface area contributed by atoms with E-state index in [1.807, 2.05) is 13.6 Å². The third kappa shape index (κ3) is 2.99. The Bertz CT molecular complexity index is 367. The van der Waals surface area contributed by atoms with Gasteiger partial charge in [0, 0.05) is 0 Å². The second-order valence-corrected chi connectivity index (χ2v) is 11.0. The van der Waals surface area contributed by atoms with Crippen LogP contribution in [0.4, 0.5) is 0 Å². The van der Waals surface area contributed by atoms with Crippen LogP contribution < -0.4 is 0 Å². The van der Waals surface area contributed by atoms with Gasteiger partial charge in [-0.15, -0.1) is 0 Å². The Morgan fingerprint density at radius 1 is 0.950 bits per heavy atom. The van der Waals surface area contributed by atoms with Crippen LogP contribution >= 0.6 is 0 Å². The van der Waals surface area contributed by atoms with Gasteiger partial charge in [-0.25, -0.2) is 0 Å². The van der Waals surface area contributed by atoms with Crippen molar-refractivity contribution in [1.29, 1.82) is 0 Å². The summed E-state index contributed by atoms with van der Waals surface area (Å²) >= 11 is 0. The van der Waals surface area contributed by atoms with E-state index >= 15 is 0 Å². The van der Waals surface area contributed by atoms with Crippen molar-refractivity contribution in [1.82, 2.24) is 0 Å². The summed E-state index contributed by atoms with van der Waals surface area (Å²) in [6.07, 6.45) is -1.11. The van der Waals surface area contributed by atoms with Crippen molar-refractivity contribution in [2.24, 2.45) is 0 Å². The molecular weight excluding hydrogens is 278 g/mol. The molecule has 0 N–H and O–H groups in total. The predicted molar refractivity (Wildman–Crippen MR) is 76.9 cm³/mol. The summed E-state index contributed by atoms with van der Waals surface area (Å²) in [5.41, 5.74) is 0. The number of fused-ring (bicyclic) bond motifs is 3. The zero-order valence-electron chi connectivity index (χ0n) is 12.7. The Morgan fingerprint density at radius 3 is 2.30 bits per heavy atom. The summed E-state index contributed by atoms with van der Waals surface area (Å²) in [7, 11) is -2.24. The highest BCUT2D eigenvalue weighted by atomic mass is 28.4. The molecule has 3 rings (SSSR count). The molecule has 0 aliphatic carbocycles. The lowest BCUT2D eigenvalue weighted by Crippen LogP contribution is -2.63. The van der Waals surface area contributed by atoms with E-state index in [2.05, 4.69) is 19.6 Å². The van der Waals surface area contributed by atoms with Gasteiger partial charge in [-0.1, -0.05) is 0 Å². The lowest BCUT2D eigenvalue weighted by atomic mass is 9.88. The van der Waals surface area contributed by atoms with Gasteiger partial charge in [-0.3, -0.25) is 0 Å². The normalized spacial score (nSPS) is 41.5. The summed E-state index contributed by atoms with van der Waals surface area (Å²) in [5, 5.41) is 0. The average Bonchev–Trinajstić information content (AvgIpc) is 2.71. The van der Waals surface area contributed by atoms with Gasteiger partial charge in [0.1, 0.15) is 12.2 Å². The van der Waals surface area contributed by atoms with E-state index in [1.165, 1.54) is 0 Å². The van der Waals surface area contributed by atoms with Crippen LogP contribution in [0.3, 0.4) is 0 Å². The minimum absolute atomic E-state index is 0.156. The largest absolute Gasteiger partial charge is 0.454 e. The van der Waals surface area contributed by atoms with Crippen molar-refractivity contribution >= 4 is 22.6 Å². The molecule has 3 fully saturated rings. The molecule has 3 aliphatic heterocycles. The van der Waals surface area contributed by atoms with Gasteiger partial charge in [0.25, 0.3) is 0 Å². The van der Waals surface area contributed by atoms with Gasteiger partial charge < -0.3 is 27.8 Å².